The molecule has 420 valence electrons. The fourth-order valence-electron chi connectivity index (χ4n) is 8.67. The minimum Gasteiger partial charge on any atom is -0.391 e. The van der Waals surface area contributed by atoms with Gasteiger partial charge in [0.25, 0.3) is 0 Å². The molecule has 0 bridgehead atoms. The zero-order valence-corrected chi connectivity index (χ0v) is 47.1. The van der Waals surface area contributed by atoms with Crippen LogP contribution in [0.2, 0.25) is 0 Å². The summed E-state index contributed by atoms with van der Waals surface area (Å²) in [5.74, 6) is -5.23. The molecule has 0 unspecified atom stereocenters. The van der Waals surface area contributed by atoms with Gasteiger partial charge in [-0.3, -0.25) is 43.2 Å². The zero-order chi connectivity index (χ0) is 55.6. The lowest BCUT2D eigenvalue weighted by molar-refractivity contribution is -0.140. The third-order valence-electron chi connectivity index (χ3n) is 12.8. The Bertz CT molecular complexity index is 1790. The van der Waals surface area contributed by atoms with E-state index in [4.69, 9.17) is 0 Å². The van der Waals surface area contributed by atoms with Gasteiger partial charge in [0.05, 0.1) is 6.10 Å². The molecule has 7 atom stereocenters. The Hall–Kier alpha value is -4.85. The van der Waals surface area contributed by atoms with Crippen LogP contribution in [0.1, 0.15) is 186 Å². The van der Waals surface area contributed by atoms with Gasteiger partial charge < -0.3 is 57.4 Å². The van der Waals surface area contributed by atoms with E-state index >= 15 is 0 Å². The van der Waals surface area contributed by atoms with Crippen LogP contribution in [-0.2, 0) is 43.2 Å². The van der Waals surface area contributed by atoms with Gasteiger partial charge in [0, 0.05) is 38.5 Å². The molecular formula is C53H98N10O10. The van der Waals surface area contributed by atoms with Gasteiger partial charge in [0.2, 0.25) is 53.2 Å². The van der Waals surface area contributed by atoms with Crippen molar-refractivity contribution in [1.29, 1.82) is 0 Å². The molecular weight excluding hydrogens is 937 g/mol. The Labute approximate surface area is 437 Å². The van der Waals surface area contributed by atoms with Gasteiger partial charge in [0.1, 0.15) is 41.3 Å². The fraction of sp³-hybridized carbons (Fsp3) is 0.830. The highest BCUT2D eigenvalue weighted by Gasteiger charge is 2.40. The Morgan fingerprint density at radius 1 is 0.616 bits per heavy atom. The van der Waals surface area contributed by atoms with Crippen LogP contribution in [0.4, 0.5) is 0 Å². The minimum absolute atomic E-state index is 0.0303. The lowest BCUT2D eigenvalue weighted by Gasteiger charge is -2.33. The molecule has 1 aliphatic rings. The number of carbonyl (C=O) groups excluding carboxylic acids is 9. The van der Waals surface area contributed by atoms with Crippen molar-refractivity contribution in [3.63, 3.8) is 0 Å². The molecule has 0 spiro atoms. The molecule has 9 amide bonds. The van der Waals surface area contributed by atoms with Crippen molar-refractivity contribution < 1.29 is 48.3 Å². The maximum atomic E-state index is 14.1. The number of hydrogen-bond donors (Lipinski definition) is 9. The molecule has 1 saturated heterocycles. The van der Waals surface area contributed by atoms with E-state index in [1.807, 2.05) is 53.6 Å². The highest BCUT2D eigenvalue weighted by atomic mass is 16.3. The van der Waals surface area contributed by atoms with Crippen molar-refractivity contribution in [1.82, 2.24) is 52.3 Å². The molecule has 20 heteroatoms. The molecule has 20 nitrogen and oxygen atoms in total. The predicted octanol–water partition coefficient (Wildman–Crippen LogP) is 3.08. The number of amides is 9. The first kappa shape index (κ1) is 66.2. The number of likely N-dealkylation sites (tertiary alicyclic amines) is 1. The van der Waals surface area contributed by atoms with E-state index in [9.17, 15) is 48.3 Å². The summed E-state index contributed by atoms with van der Waals surface area (Å²) in [5.41, 5.74) is -3.03. The molecule has 0 radical (unpaired) electrons. The monoisotopic (exact) mass is 1030 g/mol. The summed E-state index contributed by atoms with van der Waals surface area (Å²) in [5, 5.41) is 32.8. The lowest BCUT2D eigenvalue weighted by atomic mass is 9.96. The lowest BCUT2D eigenvalue weighted by Crippen LogP contribution is -2.65. The number of likely N-dealkylation sites (N-methyl/N-ethyl adjacent to an activating group) is 1. The van der Waals surface area contributed by atoms with Gasteiger partial charge >= 0.3 is 0 Å². The number of aliphatic hydroxyl groups is 1. The summed E-state index contributed by atoms with van der Waals surface area (Å²) in [6, 6.07) is -5.82. The van der Waals surface area contributed by atoms with Crippen molar-refractivity contribution in [3.8, 4) is 0 Å². The molecule has 1 rings (SSSR count). The molecule has 1 fully saturated rings. The number of nitrogens with zero attached hydrogens (tertiary/aromatic N) is 2. The van der Waals surface area contributed by atoms with Gasteiger partial charge in [-0.15, -0.1) is 0 Å². The average Bonchev–Trinajstić information content (AvgIpc) is 3.78. The molecule has 1 heterocycles. The highest BCUT2D eigenvalue weighted by Crippen LogP contribution is 2.21. The fourth-order valence-corrected chi connectivity index (χ4v) is 8.67. The molecule has 0 aromatic carbocycles. The second kappa shape index (κ2) is 33.1. The molecule has 9 N–H and O–H groups in total. The zero-order valence-electron chi connectivity index (χ0n) is 47.1. The van der Waals surface area contributed by atoms with Crippen LogP contribution in [0, 0.1) is 11.8 Å². The van der Waals surface area contributed by atoms with Crippen LogP contribution in [0.25, 0.3) is 0 Å². The summed E-state index contributed by atoms with van der Waals surface area (Å²) < 4.78 is 0. The van der Waals surface area contributed by atoms with Crippen LogP contribution in [0.5, 0.6) is 0 Å². The summed E-state index contributed by atoms with van der Waals surface area (Å²) in [7, 11) is 3.79. The SMILES string of the molecule is CCCCCCCC[C@H](NC(=O)[C@@H]1CCCN1C(=O)CCCCC)C(=O)N[C@H](C(=O)N[C@@H](CC(C)C)C(=O)N[C@@H](CC(C)C)C(=O)NC(C)(C)C(=O)NC(C)(C)C(=O)NCCC(=O)N[C@@H](C)CN(C)C)[C@@H](C)O. The largest absolute Gasteiger partial charge is 0.391 e. The van der Waals surface area contributed by atoms with Crippen molar-refractivity contribution in [3.05, 3.63) is 0 Å². The molecule has 0 saturated carbocycles. The Balaban J connectivity index is 3.21. The number of carbonyl (C=O) groups is 9. The van der Waals surface area contributed by atoms with Crippen LogP contribution in [0.3, 0.4) is 0 Å². The van der Waals surface area contributed by atoms with Crippen LogP contribution >= 0.6 is 0 Å². The minimum atomic E-state index is -1.58. The number of rotatable bonds is 35. The van der Waals surface area contributed by atoms with Gasteiger partial charge in [-0.1, -0.05) is 92.9 Å². The first-order valence-corrected chi connectivity index (χ1v) is 27.1. The summed E-state index contributed by atoms with van der Waals surface area (Å²) in [6.45, 7) is 21.8. The predicted molar refractivity (Wildman–Crippen MR) is 283 cm³/mol. The molecule has 0 aromatic heterocycles. The Kier molecular flexibility index (Phi) is 30.0. The quantitative estimate of drug-likeness (QED) is 0.0416. The van der Waals surface area contributed by atoms with E-state index in [2.05, 4.69) is 56.4 Å². The maximum absolute atomic E-state index is 14.1. The molecule has 0 aliphatic carbocycles. The Morgan fingerprint density at radius 3 is 1.73 bits per heavy atom. The van der Waals surface area contributed by atoms with E-state index < -0.39 is 88.7 Å². The molecule has 1 aliphatic heterocycles. The van der Waals surface area contributed by atoms with Crippen molar-refractivity contribution in [2.45, 2.75) is 239 Å². The normalized spacial score (nSPS) is 16.4. The van der Waals surface area contributed by atoms with E-state index in [-0.39, 0.29) is 61.9 Å². The van der Waals surface area contributed by atoms with Crippen molar-refractivity contribution in [2.24, 2.45) is 11.8 Å². The smallest absolute Gasteiger partial charge is 0.246 e. The van der Waals surface area contributed by atoms with Gasteiger partial charge in [0.15, 0.2) is 0 Å². The van der Waals surface area contributed by atoms with E-state index in [1.165, 1.54) is 34.6 Å². The first-order valence-electron chi connectivity index (χ1n) is 27.1. The van der Waals surface area contributed by atoms with Crippen molar-refractivity contribution >= 4 is 53.2 Å². The van der Waals surface area contributed by atoms with Crippen LogP contribution < -0.4 is 42.5 Å². The number of unbranched alkanes of at least 4 members (excludes halogenated alkanes) is 7. The van der Waals surface area contributed by atoms with E-state index in [0.29, 0.717) is 38.8 Å². The highest BCUT2D eigenvalue weighted by molar-refractivity contribution is 5.99. The average molecular weight is 1040 g/mol. The van der Waals surface area contributed by atoms with Crippen LogP contribution in [0.15, 0.2) is 0 Å². The van der Waals surface area contributed by atoms with Gasteiger partial charge in [-0.05, 0) is 106 Å². The third-order valence-corrected chi connectivity index (χ3v) is 12.8. The first-order chi connectivity index (χ1) is 34.1. The Morgan fingerprint density at radius 2 is 1.15 bits per heavy atom. The second-order valence-corrected chi connectivity index (χ2v) is 22.4. The number of aliphatic hydroxyl groups excluding tert-OH is 1. The summed E-state index contributed by atoms with van der Waals surface area (Å²) >= 11 is 0. The topological polar surface area (TPSA) is 277 Å². The summed E-state index contributed by atoms with van der Waals surface area (Å²) in [4.78, 5) is 126. The van der Waals surface area contributed by atoms with Gasteiger partial charge in [-0.2, -0.15) is 0 Å². The standard InChI is InChI=1S/C53H98N10O10/c1-15-17-19-20-21-23-25-38(56-48(70)41-26-24-30-63(41)43(66)27-22-18-16-2)45(67)59-44(37(8)64)49(71)58-39(31-34(3)4)46(68)57-40(32-35(5)6)47(69)60-53(11,12)51(73)61-52(9,10)50(72)54-29-28-42(65)55-36(7)33-62(13)14/h34-41,44,64H,15-33H2,1-14H3,(H,54,72)(H,55,65)(H,56,70)(H,57,68)(H,58,71)(H,59,67)(H,60,69)(H,61,73)/t36-,37+,38-,39-,40-,41-,44-/m0/s1. The second-order valence-electron chi connectivity index (χ2n) is 22.4. The van der Waals surface area contributed by atoms with E-state index in [1.54, 1.807) is 4.90 Å². The number of nitrogens with one attached hydrogen (secondary N) is 8. The number of hydrogen-bond acceptors (Lipinski definition) is 11. The maximum Gasteiger partial charge on any atom is 0.246 e. The van der Waals surface area contributed by atoms with Crippen molar-refractivity contribution in [2.75, 3.05) is 33.7 Å². The van der Waals surface area contributed by atoms with Crippen LogP contribution in [-0.4, -0.2) is 155 Å². The van der Waals surface area contributed by atoms with Gasteiger partial charge in [-0.25, -0.2) is 0 Å². The van der Waals surface area contributed by atoms with E-state index in [0.717, 1.165) is 51.4 Å². The molecule has 73 heavy (non-hydrogen) atoms. The summed E-state index contributed by atoms with van der Waals surface area (Å²) in [6.07, 6.45) is 8.72. The molecule has 0 aromatic rings. The third kappa shape index (κ3) is 25.3.